The molecule has 1 unspecified atom stereocenters. The number of aryl methyl sites for hydroxylation is 1. The molecule has 1 atom stereocenters. The summed E-state index contributed by atoms with van der Waals surface area (Å²) < 4.78 is 1.46. The summed E-state index contributed by atoms with van der Waals surface area (Å²) in [6.07, 6.45) is 1.66. The van der Waals surface area contributed by atoms with Crippen LogP contribution in [0, 0.1) is 12.8 Å². The molecule has 1 aromatic carbocycles. The van der Waals surface area contributed by atoms with E-state index in [1.807, 2.05) is 26.8 Å². The maximum atomic E-state index is 12.7. The van der Waals surface area contributed by atoms with Crippen LogP contribution in [0.25, 0.3) is 0 Å². The lowest BCUT2D eigenvalue weighted by molar-refractivity contribution is -0.120. The predicted octanol–water partition coefficient (Wildman–Crippen LogP) is 2.63. The largest absolute Gasteiger partial charge is 0.389 e. The summed E-state index contributed by atoms with van der Waals surface area (Å²) in [4.78, 5) is 25.2. The van der Waals surface area contributed by atoms with Crippen molar-refractivity contribution in [3.8, 4) is 0 Å². The van der Waals surface area contributed by atoms with E-state index in [1.165, 1.54) is 10.6 Å². The first-order chi connectivity index (χ1) is 11.3. The smallest absolute Gasteiger partial charge is 0.251 e. The second-order valence-electron chi connectivity index (χ2n) is 6.07. The Morgan fingerprint density at radius 2 is 1.96 bits per heavy atom. The molecule has 2 rings (SSSR count). The number of hydrogen-bond acceptors (Lipinski definition) is 3. The Morgan fingerprint density at radius 3 is 2.54 bits per heavy atom. The van der Waals surface area contributed by atoms with Crippen LogP contribution in [0.4, 0.5) is 5.69 Å². The van der Waals surface area contributed by atoms with Crippen LogP contribution < -0.4 is 16.6 Å². The highest BCUT2D eigenvalue weighted by molar-refractivity contribution is 7.80. The van der Waals surface area contributed by atoms with Gasteiger partial charge in [0.1, 0.15) is 11.0 Å². The number of pyridine rings is 1. The van der Waals surface area contributed by atoms with Crippen molar-refractivity contribution in [1.29, 1.82) is 0 Å². The van der Waals surface area contributed by atoms with Crippen molar-refractivity contribution in [3.05, 3.63) is 64.1 Å². The number of rotatable bonds is 5. The van der Waals surface area contributed by atoms with E-state index in [0.717, 1.165) is 5.56 Å². The maximum Gasteiger partial charge on any atom is 0.251 e. The first-order valence-electron chi connectivity index (χ1n) is 7.69. The van der Waals surface area contributed by atoms with E-state index in [1.54, 1.807) is 30.5 Å². The van der Waals surface area contributed by atoms with Gasteiger partial charge in [-0.3, -0.25) is 9.59 Å². The van der Waals surface area contributed by atoms with E-state index in [4.69, 9.17) is 18.0 Å². The highest BCUT2D eigenvalue weighted by atomic mass is 32.1. The lowest BCUT2D eigenvalue weighted by atomic mass is 10.0. The number of carbonyl (C=O) groups excluding carboxylic acids is 1. The summed E-state index contributed by atoms with van der Waals surface area (Å²) in [6, 6.07) is 9.76. The number of anilines is 1. The normalized spacial score (nSPS) is 12.0. The molecule has 0 aliphatic carbocycles. The number of hydrogen-bond donors (Lipinski definition) is 2. The second kappa shape index (κ2) is 7.40. The summed E-state index contributed by atoms with van der Waals surface area (Å²) in [5.41, 5.74) is 7.56. The summed E-state index contributed by atoms with van der Waals surface area (Å²) in [7, 11) is 0. The topological polar surface area (TPSA) is 77.1 Å². The van der Waals surface area contributed by atoms with Crippen LogP contribution in [-0.4, -0.2) is 15.5 Å². The van der Waals surface area contributed by atoms with Gasteiger partial charge in [0.05, 0.1) is 0 Å². The molecule has 0 spiro atoms. The fraction of sp³-hybridized carbons (Fsp3) is 0.278. The van der Waals surface area contributed by atoms with Gasteiger partial charge < -0.3 is 15.6 Å². The minimum absolute atomic E-state index is 0.0517. The molecular weight excluding hydrogens is 322 g/mol. The summed E-state index contributed by atoms with van der Waals surface area (Å²) in [5, 5.41) is 2.85. The zero-order valence-corrected chi connectivity index (χ0v) is 14.8. The van der Waals surface area contributed by atoms with Gasteiger partial charge in [0.15, 0.2) is 0 Å². The SMILES string of the molecule is Cc1ccn(C(C(=O)Nc2cccc(C(N)=S)c2)C(C)C)c(=O)c1. The Hall–Kier alpha value is -2.47. The zero-order valence-electron chi connectivity index (χ0n) is 13.9. The molecular formula is C18H21N3O2S. The quantitative estimate of drug-likeness (QED) is 0.818. The van der Waals surface area contributed by atoms with E-state index < -0.39 is 6.04 Å². The van der Waals surface area contributed by atoms with Crippen molar-refractivity contribution >= 4 is 28.8 Å². The van der Waals surface area contributed by atoms with Crippen LogP contribution in [0.3, 0.4) is 0 Å². The van der Waals surface area contributed by atoms with Gasteiger partial charge in [-0.25, -0.2) is 0 Å². The fourth-order valence-electron chi connectivity index (χ4n) is 2.54. The van der Waals surface area contributed by atoms with E-state index in [9.17, 15) is 9.59 Å². The molecule has 1 aromatic heterocycles. The van der Waals surface area contributed by atoms with Crippen LogP contribution in [0.2, 0.25) is 0 Å². The molecule has 0 saturated heterocycles. The number of carbonyl (C=O) groups is 1. The molecule has 126 valence electrons. The first kappa shape index (κ1) is 17.9. The Morgan fingerprint density at radius 1 is 1.25 bits per heavy atom. The monoisotopic (exact) mass is 343 g/mol. The number of nitrogens with two attached hydrogens (primary N) is 1. The van der Waals surface area contributed by atoms with Crippen molar-refractivity contribution in [2.24, 2.45) is 11.7 Å². The Kier molecular flexibility index (Phi) is 5.51. The van der Waals surface area contributed by atoms with Crippen molar-refractivity contribution in [2.75, 3.05) is 5.32 Å². The zero-order chi connectivity index (χ0) is 17.9. The van der Waals surface area contributed by atoms with Crippen molar-refractivity contribution in [1.82, 2.24) is 4.57 Å². The van der Waals surface area contributed by atoms with Crippen LogP contribution in [0.5, 0.6) is 0 Å². The van der Waals surface area contributed by atoms with E-state index in [-0.39, 0.29) is 22.4 Å². The molecule has 0 saturated carbocycles. The molecule has 0 aliphatic rings. The third-order valence-electron chi connectivity index (χ3n) is 3.72. The van der Waals surface area contributed by atoms with Gasteiger partial charge in [-0.1, -0.05) is 38.2 Å². The molecule has 6 heteroatoms. The first-order valence-corrected chi connectivity index (χ1v) is 8.10. The molecule has 0 radical (unpaired) electrons. The number of aromatic nitrogens is 1. The van der Waals surface area contributed by atoms with Crippen molar-refractivity contribution in [2.45, 2.75) is 26.8 Å². The van der Waals surface area contributed by atoms with Gasteiger partial charge in [-0.15, -0.1) is 0 Å². The fourth-order valence-corrected chi connectivity index (χ4v) is 2.66. The average Bonchev–Trinajstić information content (AvgIpc) is 2.49. The molecule has 24 heavy (non-hydrogen) atoms. The standard InChI is InChI=1S/C18H21N3O2S/c1-11(2)16(21-8-7-12(3)9-15(21)22)18(23)20-14-6-4-5-13(10-14)17(19)24/h4-11,16H,1-3H3,(H2,19,24)(H,20,23). The Bertz CT molecular complexity index is 827. The lowest BCUT2D eigenvalue weighted by Crippen LogP contribution is -2.36. The van der Waals surface area contributed by atoms with E-state index >= 15 is 0 Å². The molecule has 3 N–H and O–H groups in total. The van der Waals surface area contributed by atoms with Crippen LogP contribution in [0.1, 0.15) is 31.0 Å². The molecule has 0 bridgehead atoms. The number of benzene rings is 1. The maximum absolute atomic E-state index is 12.7. The molecule has 0 aliphatic heterocycles. The third kappa shape index (κ3) is 4.08. The van der Waals surface area contributed by atoms with Gasteiger partial charge in [-0.2, -0.15) is 0 Å². The highest BCUT2D eigenvalue weighted by Gasteiger charge is 2.25. The summed E-state index contributed by atoms with van der Waals surface area (Å²) in [6.45, 7) is 5.65. The lowest BCUT2D eigenvalue weighted by Gasteiger charge is -2.23. The summed E-state index contributed by atoms with van der Waals surface area (Å²) >= 11 is 4.95. The van der Waals surface area contributed by atoms with Crippen LogP contribution in [0.15, 0.2) is 47.4 Å². The van der Waals surface area contributed by atoms with Crippen LogP contribution in [-0.2, 0) is 4.79 Å². The molecule has 0 fully saturated rings. The Balaban J connectivity index is 2.32. The van der Waals surface area contributed by atoms with Gasteiger partial charge in [0, 0.05) is 23.5 Å². The second-order valence-corrected chi connectivity index (χ2v) is 6.51. The molecule has 1 amide bonds. The predicted molar refractivity (Wildman–Crippen MR) is 100 cm³/mol. The van der Waals surface area contributed by atoms with Gasteiger partial charge >= 0.3 is 0 Å². The van der Waals surface area contributed by atoms with E-state index in [0.29, 0.717) is 11.3 Å². The minimum Gasteiger partial charge on any atom is -0.389 e. The number of nitrogens with zero attached hydrogens (tertiary/aromatic N) is 1. The van der Waals surface area contributed by atoms with Crippen molar-refractivity contribution in [3.63, 3.8) is 0 Å². The van der Waals surface area contributed by atoms with Gasteiger partial charge in [0.2, 0.25) is 5.91 Å². The number of amides is 1. The summed E-state index contributed by atoms with van der Waals surface area (Å²) in [5.74, 6) is -0.305. The van der Waals surface area contributed by atoms with Gasteiger partial charge in [-0.05, 0) is 36.6 Å². The number of nitrogens with one attached hydrogen (secondary N) is 1. The van der Waals surface area contributed by atoms with Gasteiger partial charge in [0.25, 0.3) is 5.56 Å². The molecule has 1 heterocycles. The third-order valence-corrected chi connectivity index (χ3v) is 3.95. The molecule has 2 aromatic rings. The minimum atomic E-state index is -0.605. The van der Waals surface area contributed by atoms with E-state index in [2.05, 4.69) is 5.32 Å². The average molecular weight is 343 g/mol. The Labute approximate surface area is 146 Å². The highest BCUT2D eigenvalue weighted by Crippen LogP contribution is 2.19. The van der Waals surface area contributed by atoms with Crippen molar-refractivity contribution < 1.29 is 4.79 Å². The van der Waals surface area contributed by atoms with Crippen LogP contribution >= 0.6 is 12.2 Å². The molecule has 5 nitrogen and oxygen atoms in total. The number of thiocarbonyl (C=S) groups is 1.